The summed E-state index contributed by atoms with van der Waals surface area (Å²) in [5.41, 5.74) is 7.35. The first-order valence-electron chi connectivity index (χ1n) is 6.37. The van der Waals surface area contributed by atoms with Gasteiger partial charge in [-0.05, 0) is 25.2 Å². The molecule has 0 amide bonds. The Morgan fingerprint density at radius 3 is 2.44 bits per heavy atom. The lowest BCUT2D eigenvalue weighted by Gasteiger charge is -2.34. The third-order valence-corrected chi connectivity index (χ3v) is 3.99. The van der Waals surface area contributed by atoms with Crippen molar-refractivity contribution in [1.82, 2.24) is 9.55 Å². The average Bonchev–Trinajstić information content (AvgIpc) is 2.81. The van der Waals surface area contributed by atoms with Crippen molar-refractivity contribution >= 4 is 0 Å². The van der Waals surface area contributed by atoms with Gasteiger partial charge in [-0.1, -0.05) is 27.7 Å². The van der Waals surface area contributed by atoms with Crippen LogP contribution >= 0.6 is 0 Å². The van der Waals surface area contributed by atoms with Crippen LogP contribution in [-0.4, -0.2) is 16.1 Å². The number of hydrogen-bond acceptors (Lipinski definition) is 2. The van der Waals surface area contributed by atoms with Crippen molar-refractivity contribution < 1.29 is 0 Å². The standard InChI is InChI=1S/C13H25N3/c1-5-11(4)12-8-15-10-16(12)13(6-2,7-3)9-14/h8,10-11H,5-7,9,14H2,1-4H3. The summed E-state index contributed by atoms with van der Waals surface area (Å²) in [4.78, 5) is 4.31. The summed E-state index contributed by atoms with van der Waals surface area (Å²) in [6, 6.07) is 0. The molecule has 0 spiro atoms. The number of nitrogens with zero attached hydrogens (tertiary/aromatic N) is 2. The maximum absolute atomic E-state index is 5.98. The Morgan fingerprint density at radius 1 is 1.38 bits per heavy atom. The van der Waals surface area contributed by atoms with Gasteiger partial charge in [0.25, 0.3) is 0 Å². The fraction of sp³-hybridized carbons (Fsp3) is 0.769. The Bertz CT molecular complexity index is 304. The minimum atomic E-state index is 0.0509. The van der Waals surface area contributed by atoms with Crippen LogP contribution in [0.15, 0.2) is 12.5 Å². The van der Waals surface area contributed by atoms with Crippen molar-refractivity contribution in [2.45, 2.75) is 58.4 Å². The number of imidazole rings is 1. The van der Waals surface area contributed by atoms with E-state index < -0.39 is 0 Å². The van der Waals surface area contributed by atoms with Crippen LogP contribution < -0.4 is 5.73 Å². The second kappa shape index (κ2) is 5.48. The Labute approximate surface area is 99.1 Å². The minimum Gasteiger partial charge on any atom is -0.328 e. The normalized spacial score (nSPS) is 14.1. The smallest absolute Gasteiger partial charge is 0.0953 e. The Kier molecular flexibility index (Phi) is 4.54. The number of nitrogens with two attached hydrogens (primary N) is 1. The van der Waals surface area contributed by atoms with Gasteiger partial charge < -0.3 is 10.3 Å². The molecular weight excluding hydrogens is 198 g/mol. The second-order valence-corrected chi connectivity index (χ2v) is 4.63. The van der Waals surface area contributed by atoms with Gasteiger partial charge in [0, 0.05) is 18.4 Å². The molecule has 0 fully saturated rings. The van der Waals surface area contributed by atoms with Gasteiger partial charge in [0.15, 0.2) is 0 Å². The SMILES string of the molecule is CCC(C)c1cncn1C(CC)(CC)CN. The van der Waals surface area contributed by atoms with Gasteiger partial charge in [-0.3, -0.25) is 0 Å². The first-order chi connectivity index (χ1) is 7.65. The third-order valence-electron chi connectivity index (χ3n) is 3.99. The van der Waals surface area contributed by atoms with E-state index in [4.69, 9.17) is 5.73 Å². The summed E-state index contributed by atoms with van der Waals surface area (Å²) in [6.45, 7) is 9.55. The van der Waals surface area contributed by atoms with Gasteiger partial charge in [-0.2, -0.15) is 0 Å². The zero-order valence-electron chi connectivity index (χ0n) is 11.0. The predicted octanol–water partition coefficient (Wildman–Crippen LogP) is 2.87. The third kappa shape index (κ3) is 2.14. The van der Waals surface area contributed by atoms with E-state index in [1.165, 1.54) is 5.69 Å². The quantitative estimate of drug-likeness (QED) is 0.806. The maximum Gasteiger partial charge on any atom is 0.0953 e. The van der Waals surface area contributed by atoms with Crippen molar-refractivity contribution in [1.29, 1.82) is 0 Å². The lowest BCUT2D eigenvalue weighted by Crippen LogP contribution is -2.40. The zero-order valence-corrected chi connectivity index (χ0v) is 11.0. The van der Waals surface area contributed by atoms with Crippen LogP contribution in [0.25, 0.3) is 0 Å². The molecule has 1 atom stereocenters. The molecule has 1 aromatic rings. The van der Waals surface area contributed by atoms with E-state index in [0.717, 1.165) is 19.3 Å². The molecule has 16 heavy (non-hydrogen) atoms. The lowest BCUT2D eigenvalue weighted by molar-refractivity contribution is 0.260. The van der Waals surface area contributed by atoms with E-state index >= 15 is 0 Å². The molecule has 1 aromatic heterocycles. The molecule has 1 heterocycles. The van der Waals surface area contributed by atoms with Gasteiger partial charge >= 0.3 is 0 Å². The van der Waals surface area contributed by atoms with E-state index in [0.29, 0.717) is 12.5 Å². The minimum absolute atomic E-state index is 0.0509. The van der Waals surface area contributed by atoms with Crippen LogP contribution in [-0.2, 0) is 5.54 Å². The molecule has 3 heteroatoms. The summed E-state index contributed by atoms with van der Waals surface area (Å²) in [6.07, 6.45) is 7.19. The van der Waals surface area contributed by atoms with Gasteiger partial charge in [0.1, 0.15) is 0 Å². The van der Waals surface area contributed by atoms with Gasteiger partial charge in [0.2, 0.25) is 0 Å². The zero-order chi connectivity index (χ0) is 12.2. The molecule has 1 rings (SSSR count). The molecule has 2 N–H and O–H groups in total. The van der Waals surface area contributed by atoms with Crippen molar-refractivity contribution in [3.63, 3.8) is 0 Å². The molecule has 0 saturated heterocycles. The van der Waals surface area contributed by atoms with Gasteiger partial charge in [-0.25, -0.2) is 4.98 Å². The number of rotatable bonds is 6. The summed E-state index contributed by atoms with van der Waals surface area (Å²) in [5, 5.41) is 0. The van der Waals surface area contributed by atoms with Crippen LogP contribution in [0, 0.1) is 0 Å². The van der Waals surface area contributed by atoms with Gasteiger partial charge in [0.05, 0.1) is 11.9 Å². The first-order valence-corrected chi connectivity index (χ1v) is 6.37. The lowest BCUT2D eigenvalue weighted by atomic mass is 9.91. The molecule has 0 saturated carbocycles. The highest BCUT2D eigenvalue weighted by Gasteiger charge is 2.29. The summed E-state index contributed by atoms with van der Waals surface area (Å²) < 4.78 is 2.31. The predicted molar refractivity (Wildman–Crippen MR) is 68.5 cm³/mol. The van der Waals surface area contributed by atoms with Crippen LogP contribution in [0.3, 0.4) is 0 Å². The highest BCUT2D eigenvalue weighted by Crippen LogP contribution is 2.29. The summed E-state index contributed by atoms with van der Waals surface area (Å²) >= 11 is 0. The average molecular weight is 223 g/mol. The van der Waals surface area contributed by atoms with Crippen molar-refractivity contribution in [3.8, 4) is 0 Å². The van der Waals surface area contributed by atoms with E-state index in [1.54, 1.807) is 0 Å². The largest absolute Gasteiger partial charge is 0.328 e. The van der Waals surface area contributed by atoms with E-state index in [2.05, 4.69) is 37.2 Å². The van der Waals surface area contributed by atoms with Crippen molar-refractivity contribution in [2.24, 2.45) is 5.73 Å². The molecule has 3 nitrogen and oxygen atoms in total. The van der Waals surface area contributed by atoms with E-state index in [-0.39, 0.29) is 5.54 Å². The van der Waals surface area contributed by atoms with Crippen molar-refractivity contribution in [3.05, 3.63) is 18.2 Å². The molecule has 0 aliphatic carbocycles. The molecule has 1 unspecified atom stereocenters. The Balaban J connectivity index is 3.15. The maximum atomic E-state index is 5.98. The molecule has 0 aliphatic heterocycles. The first kappa shape index (κ1) is 13.2. The Hall–Kier alpha value is -0.830. The Morgan fingerprint density at radius 2 is 2.00 bits per heavy atom. The topological polar surface area (TPSA) is 43.8 Å². The van der Waals surface area contributed by atoms with E-state index in [1.807, 2.05) is 12.5 Å². The van der Waals surface area contributed by atoms with Gasteiger partial charge in [-0.15, -0.1) is 0 Å². The molecule has 0 aliphatic rings. The fourth-order valence-electron chi connectivity index (χ4n) is 2.25. The highest BCUT2D eigenvalue weighted by molar-refractivity contribution is 5.09. The van der Waals surface area contributed by atoms with Crippen LogP contribution in [0.5, 0.6) is 0 Å². The molecule has 0 bridgehead atoms. The molecule has 0 aromatic carbocycles. The number of aromatic nitrogens is 2. The molecule has 0 radical (unpaired) electrons. The van der Waals surface area contributed by atoms with Crippen molar-refractivity contribution in [2.75, 3.05) is 6.54 Å². The van der Waals surface area contributed by atoms with E-state index in [9.17, 15) is 0 Å². The summed E-state index contributed by atoms with van der Waals surface area (Å²) in [7, 11) is 0. The molecular formula is C13H25N3. The summed E-state index contributed by atoms with van der Waals surface area (Å²) in [5.74, 6) is 0.548. The van der Waals surface area contributed by atoms with Crippen LogP contribution in [0.1, 0.15) is 58.6 Å². The second-order valence-electron chi connectivity index (χ2n) is 4.63. The van der Waals surface area contributed by atoms with Crippen LogP contribution in [0.2, 0.25) is 0 Å². The fourth-order valence-corrected chi connectivity index (χ4v) is 2.25. The monoisotopic (exact) mass is 223 g/mol. The molecule has 92 valence electrons. The highest BCUT2D eigenvalue weighted by atomic mass is 15.1. The number of hydrogen-bond donors (Lipinski definition) is 1. The van der Waals surface area contributed by atoms with Crippen LogP contribution in [0.4, 0.5) is 0 Å².